The van der Waals surface area contributed by atoms with Crippen LogP contribution in [0.25, 0.3) is 27.5 Å². The van der Waals surface area contributed by atoms with E-state index in [9.17, 15) is 0 Å². The SMILES string of the molecule is Cn1cc2cc(-n3ncc4cc(Cl)ncc43)ccc2n1. The van der Waals surface area contributed by atoms with Gasteiger partial charge in [0.25, 0.3) is 0 Å². The molecule has 0 aliphatic rings. The predicted molar refractivity (Wildman–Crippen MR) is 78.1 cm³/mol. The maximum absolute atomic E-state index is 5.90. The molecule has 0 aliphatic heterocycles. The Labute approximate surface area is 119 Å². The van der Waals surface area contributed by atoms with Crippen LogP contribution in [0.15, 0.2) is 42.9 Å². The van der Waals surface area contributed by atoms with Crippen LogP contribution in [0.4, 0.5) is 0 Å². The summed E-state index contributed by atoms with van der Waals surface area (Å²) in [5.41, 5.74) is 2.87. The third-order valence-electron chi connectivity index (χ3n) is 3.27. The van der Waals surface area contributed by atoms with Crippen molar-refractivity contribution in [3.8, 4) is 5.69 Å². The van der Waals surface area contributed by atoms with Crippen LogP contribution >= 0.6 is 11.6 Å². The predicted octanol–water partition coefficient (Wildman–Crippen LogP) is 2.96. The second kappa shape index (κ2) is 4.05. The molecule has 0 fully saturated rings. The molecule has 4 aromatic rings. The number of aromatic nitrogens is 5. The third kappa shape index (κ3) is 1.67. The zero-order valence-electron chi connectivity index (χ0n) is 10.7. The maximum Gasteiger partial charge on any atom is 0.129 e. The van der Waals surface area contributed by atoms with E-state index in [0.29, 0.717) is 5.15 Å². The summed E-state index contributed by atoms with van der Waals surface area (Å²) in [6.07, 6.45) is 5.51. The lowest BCUT2D eigenvalue weighted by Gasteiger charge is -2.03. The Morgan fingerprint density at radius 1 is 1.10 bits per heavy atom. The molecule has 0 amide bonds. The zero-order chi connectivity index (χ0) is 13.7. The molecule has 20 heavy (non-hydrogen) atoms. The Morgan fingerprint density at radius 3 is 2.90 bits per heavy atom. The van der Waals surface area contributed by atoms with E-state index < -0.39 is 0 Å². The summed E-state index contributed by atoms with van der Waals surface area (Å²) in [5.74, 6) is 0. The Morgan fingerprint density at radius 2 is 2.00 bits per heavy atom. The van der Waals surface area contributed by atoms with Gasteiger partial charge in [-0.25, -0.2) is 9.67 Å². The monoisotopic (exact) mass is 283 g/mol. The van der Waals surface area contributed by atoms with Crippen molar-refractivity contribution in [2.75, 3.05) is 0 Å². The standard InChI is InChI=1S/C14H10ClN5/c1-19-8-10-4-11(2-3-12(10)18-19)20-13-7-16-14(15)5-9(13)6-17-20/h2-8H,1H3. The van der Waals surface area contributed by atoms with Gasteiger partial charge in [-0.05, 0) is 24.3 Å². The van der Waals surface area contributed by atoms with Gasteiger partial charge in [-0.15, -0.1) is 0 Å². The summed E-state index contributed by atoms with van der Waals surface area (Å²) >= 11 is 5.90. The molecule has 0 aliphatic carbocycles. The van der Waals surface area contributed by atoms with Gasteiger partial charge in [-0.2, -0.15) is 10.2 Å². The zero-order valence-corrected chi connectivity index (χ0v) is 11.4. The molecule has 0 spiro atoms. The molecular weight excluding hydrogens is 274 g/mol. The maximum atomic E-state index is 5.90. The average molecular weight is 284 g/mol. The molecule has 0 atom stereocenters. The van der Waals surface area contributed by atoms with Crippen LogP contribution in [0.1, 0.15) is 0 Å². The molecule has 0 unspecified atom stereocenters. The lowest BCUT2D eigenvalue weighted by Crippen LogP contribution is -1.95. The van der Waals surface area contributed by atoms with Crippen molar-refractivity contribution in [1.82, 2.24) is 24.5 Å². The van der Waals surface area contributed by atoms with Crippen LogP contribution in [-0.2, 0) is 7.05 Å². The van der Waals surface area contributed by atoms with E-state index in [0.717, 1.165) is 27.5 Å². The van der Waals surface area contributed by atoms with Gasteiger partial charge < -0.3 is 0 Å². The molecule has 0 bridgehead atoms. The van der Waals surface area contributed by atoms with Crippen molar-refractivity contribution < 1.29 is 0 Å². The van der Waals surface area contributed by atoms with E-state index >= 15 is 0 Å². The normalized spacial score (nSPS) is 11.5. The molecule has 98 valence electrons. The number of fused-ring (bicyclic) bond motifs is 2. The van der Waals surface area contributed by atoms with Gasteiger partial charge in [0.2, 0.25) is 0 Å². The smallest absolute Gasteiger partial charge is 0.129 e. The highest BCUT2D eigenvalue weighted by atomic mass is 35.5. The molecule has 0 saturated heterocycles. The van der Waals surface area contributed by atoms with Gasteiger partial charge in [-0.3, -0.25) is 4.68 Å². The Hall–Kier alpha value is -2.40. The second-order valence-corrected chi connectivity index (χ2v) is 5.06. The number of nitrogens with zero attached hydrogens (tertiary/aromatic N) is 5. The molecule has 0 N–H and O–H groups in total. The van der Waals surface area contributed by atoms with E-state index in [1.807, 2.05) is 36.1 Å². The minimum Gasteiger partial charge on any atom is -0.275 e. The van der Waals surface area contributed by atoms with Crippen LogP contribution in [0, 0.1) is 0 Å². The van der Waals surface area contributed by atoms with Crippen molar-refractivity contribution in [2.45, 2.75) is 0 Å². The fourth-order valence-electron chi connectivity index (χ4n) is 2.37. The van der Waals surface area contributed by atoms with E-state index in [-0.39, 0.29) is 0 Å². The van der Waals surface area contributed by atoms with E-state index in [2.05, 4.69) is 21.2 Å². The minimum absolute atomic E-state index is 0.472. The van der Waals surface area contributed by atoms with E-state index in [1.165, 1.54) is 0 Å². The summed E-state index contributed by atoms with van der Waals surface area (Å²) < 4.78 is 3.65. The first kappa shape index (κ1) is 11.4. The third-order valence-corrected chi connectivity index (χ3v) is 3.47. The summed E-state index contributed by atoms with van der Waals surface area (Å²) in [4.78, 5) is 4.12. The van der Waals surface area contributed by atoms with Gasteiger partial charge in [0.15, 0.2) is 0 Å². The lowest BCUT2D eigenvalue weighted by atomic mass is 10.2. The van der Waals surface area contributed by atoms with Crippen LogP contribution in [0.2, 0.25) is 5.15 Å². The Balaban J connectivity index is 1.95. The lowest BCUT2D eigenvalue weighted by molar-refractivity contribution is 0.780. The van der Waals surface area contributed by atoms with Crippen molar-refractivity contribution in [3.05, 3.63) is 48.0 Å². The van der Waals surface area contributed by atoms with Crippen molar-refractivity contribution >= 4 is 33.4 Å². The number of rotatable bonds is 1. The first-order valence-corrected chi connectivity index (χ1v) is 6.51. The van der Waals surface area contributed by atoms with Crippen LogP contribution < -0.4 is 0 Å². The molecule has 0 radical (unpaired) electrons. The summed E-state index contributed by atoms with van der Waals surface area (Å²) in [7, 11) is 1.91. The average Bonchev–Trinajstić information content (AvgIpc) is 2.99. The highest BCUT2D eigenvalue weighted by Crippen LogP contribution is 2.22. The summed E-state index contributed by atoms with van der Waals surface area (Å²) in [6.45, 7) is 0. The number of aryl methyl sites for hydroxylation is 1. The van der Waals surface area contributed by atoms with E-state index in [4.69, 9.17) is 11.6 Å². The molecule has 0 saturated carbocycles. The van der Waals surface area contributed by atoms with Gasteiger partial charge >= 0.3 is 0 Å². The number of hydrogen-bond acceptors (Lipinski definition) is 3. The molecule has 1 aromatic carbocycles. The fourth-order valence-corrected chi connectivity index (χ4v) is 2.54. The molecule has 3 heterocycles. The molecule has 5 nitrogen and oxygen atoms in total. The van der Waals surface area contributed by atoms with E-state index in [1.54, 1.807) is 17.1 Å². The first-order valence-electron chi connectivity index (χ1n) is 6.14. The van der Waals surface area contributed by atoms with Gasteiger partial charge in [0.05, 0.1) is 29.1 Å². The largest absolute Gasteiger partial charge is 0.275 e. The fraction of sp³-hybridized carbons (Fsp3) is 0.0714. The van der Waals surface area contributed by atoms with Crippen LogP contribution in [0.3, 0.4) is 0 Å². The van der Waals surface area contributed by atoms with Crippen LogP contribution in [0.5, 0.6) is 0 Å². The number of pyridine rings is 1. The Bertz CT molecular complexity index is 937. The number of benzene rings is 1. The minimum atomic E-state index is 0.472. The summed E-state index contributed by atoms with van der Waals surface area (Å²) in [6, 6.07) is 7.85. The highest BCUT2D eigenvalue weighted by Gasteiger charge is 2.07. The van der Waals surface area contributed by atoms with Gasteiger partial charge in [0, 0.05) is 24.0 Å². The quantitative estimate of drug-likeness (QED) is 0.505. The van der Waals surface area contributed by atoms with Crippen LogP contribution in [-0.4, -0.2) is 24.5 Å². The highest BCUT2D eigenvalue weighted by molar-refractivity contribution is 6.30. The van der Waals surface area contributed by atoms with Gasteiger partial charge in [-0.1, -0.05) is 11.6 Å². The summed E-state index contributed by atoms with van der Waals surface area (Å²) in [5, 5.41) is 11.3. The molecule has 3 aromatic heterocycles. The van der Waals surface area contributed by atoms with Crippen molar-refractivity contribution in [1.29, 1.82) is 0 Å². The topological polar surface area (TPSA) is 48.5 Å². The molecular formula is C14H10ClN5. The molecule has 4 rings (SSSR count). The second-order valence-electron chi connectivity index (χ2n) is 4.67. The van der Waals surface area contributed by atoms with Gasteiger partial charge in [0.1, 0.15) is 5.15 Å². The molecule has 6 heteroatoms. The Kier molecular flexibility index (Phi) is 2.31. The number of hydrogen-bond donors (Lipinski definition) is 0. The number of halogens is 1. The van der Waals surface area contributed by atoms with Crippen molar-refractivity contribution in [3.63, 3.8) is 0 Å². The first-order chi connectivity index (χ1) is 9.70. The van der Waals surface area contributed by atoms with Crippen molar-refractivity contribution in [2.24, 2.45) is 7.05 Å².